The van der Waals surface area contributed by atoms with Crippen molar-refractivity contribution in [2.75, 3.05) is 33.4 Å². The number of aliphatic imine (C=N–C) groups is 1. The molecule has 2 N–H and O–H groups in total. The van der Waals surface area contributed by atoms with Gasteiger partial charge in [0.15, 0.2) is 5.96 Å². The van der Waals surface area contributed by atoms with E-state index in [1.54, 1.807) is 7.11 Å². The van der Waals surface area contributed by atoms with Gasteiger partial charge in [0, 0.05) is 20.2 Å². The number of likely N-dealkylation sites (tertiary alicyclic amines) is 1. The van der Waals surface area contributed by atoms with Gasteiger partial charge in [0.2, 0.25) is 0 Å². The largest absolute Gasteiger partial charge is 0.491 e. The Labute approximate surface area is 149 Å². The van der Waals surface area contributed by atoms with E-state index < -0.39 is 0 Å². The van der Waals surface area contributed by atoms with Crippen LogP contribution in [-0.4, -0.2) is 44.3 Å². The van der Waals surface area contributed by atoms with Gasteiger partial charge in [-0.2, -0.15) is 0 Å². The molecule has 0 radical (unpaired) electrons. The molecule has 5 nitrogen and oxygen atoms in total. The number of ether oxygens (including phenoxy) is 2. The monoisotopic (exact) mass is 419 g/mol. The Hall–Kier alpha value is -1.02. The first-order valence-electron chi connectivity index (χ1n) is 7.55. The van der Waals surface area contributed by atoms with Crippen molar-refractivity contribution in [2.45, 2.75) is 25.8 Å². The van der Waals surface area contributed by atoms with E-state index >= 15 is 0 Å². The van der Waals surface area contributed by atoms with Crippen molar-refractivity contribution in [3.8, 4) is 5.75 Å². The van der Waals surface area contributed by atoms with Gasteiger partial charge in [0.05, 0.1) is 13.2 Å². The maximum Gasteiger partial charge on any atom is 0.191 e. The molecule has 0 saturated carbocycles. The van der Waals surface area contributed by atoms with E-state index in [1.165, 1.54) is 19.3 Å². The average molecular weight is 419 g/mol. The number of benzene rings is 1. The Balaban J connectivity index is 0.00000242. The Bertz CT molecular complexity index is 462. The highest BCUT2D eigenvalue weighted by atomic mass is 127. The average Bonchev–Trinajstić information content (AvgIpc) is 2.54. The van der Waals surface area contributed by atoms with E-state index in [1.807, 2.05) is 24.3 Å². The molecule has 0 amide bonds. The summed E-state index contributed by atoms with van der Waals surface area (Å²) >= 11 is 0. The lowest BCUT2D eigenvalue weighted by Crippen LogP contribution is -2.40. The van der Waals surface area contributed by atoms with Gasteiger partial charge in [-0.1, -0.05) is 12.1 Å². The third-order valence-corrected chi connectivity index (χ3v) is 3.56. The lowest BCUT2D eigenvalue weighted by molar-refractivity contribution is 0.146. The molecule has 0 aliphatic carbocycles. The topological polar surface area (TPSA) is 60.1 Å². The molecule has 0 unspecified atom stereocenters. The third kappa shape index (κ3) is 6.39. The predicted molar refractivity (Wildman–Crippen MR) is 100.0 cm³/mol. The Morgan fingerprint density at radius 2 is 2.00 bits per heavy atom. The summed E-state index contributed by atoms with van der Waals surface area (Å²) in [6.07, 6.45) is 3.71. The number of methoxy groups -OCH3 is 1. The van der Waals surface area contributed by atoms with Gasteiger partial charge in [-0.05, 0) is 37.0 Å². The highest BCUT2D eigenvalue weighted by Crippen LogP contribution is 2.14. The number of hydrogen-bond donors (Lipinski definition) is 1. The summed E-state index contributed by atoms with van der Waals surface area (Å²) in [4.78, 5) is 6.66. The molecule has 1 heterocycles. The lowest BCUT2D eigenvalue weighted by atomic mass is 10.1. The minimum absolute atomic E-state index is 0. The molecule has 0 bridgehead atoms. The second kappa shape index (κ2) is 10.7. The molecule has 124 valence electrons. The summed E-state index contributed by atoms with van der Waals surface area (Å²) in [7, 11) is 1.66. The number of halogens is 1. The van der Waals surface area contributed by atoms with Crippen LogP contribution in [0.2, 0.25) is 0 Å². The van der Waals surface area contributed by atoms with Crippen LogP contribution >= 0.6 is 24.0 Å². The van der Waals surface area contributed by atoms with Gasteiger partial charge in [-0.25, -0.2) is 4.99 Å². The number of nitrogens with zero attached hydrogens (tertiary/aromatic N) is 2. The zero-order valence-corrected chi connectivity index (χ0v) is 15.5. The fourth-order valence-electron chi connectivity index (χ4n) is 2.37. The van der Waals surface area contributed by atoms with Crippen LogP contribution in [0, 0.1) is 0 Å². The van der Waals surface area contributed by atoms with Crippen molar-refractivity contribution < 1.29 is 9.47 Å². The first-order chi connectivity index (χ1) is 10.3. The smallest absolute Gasteiger partial charge is 0.191 e. The van der Waals surface area contributed by atoms with Gasteiger partial charge >= 0.3 is 0 Å². The summed E-state index contributed by atoms with van der Waals surface area (Å²) in [6, 6.07) is 7.96. The first kappa shape index (κ1) is 19.0. The minimum Gasteiger partial charge on any atom is -0.491 e. The molecule has 6 heteroatoms. The van der Waals surface area contributed by atoms with Crippen molar-refractivity contribution in [1.82, 2.24) is 4.90 Å². The molecule has 22 heavy (non-hydrogen) atoms. The predicted octanol–water partition coefficient (Wildman–Crippen LogP) is 2.63. The standard InChI is InChI=1S/C16H25N3O2.HI/c1-20-10-11-21-15-7-5-6-14(12-15)13-18-16(17)19-8-3-2-4-9-19;/h5-7,12H,2-4,8-11,13H2,1H3,(H2,17,18);1H. The number of piperidine rings is 1. The van der Waals surface area contributed by atoms with Crippen molar-refractivity contribution in [3.05, 3.63) is 29.8 Å². The van der Waals surface area contributed by atoms with Crippen molar-refractivity contribution in [1.29, 1.82) is 0 Å². The lowest BCUT2D eigenvalue weighted by Gasteiger charge is -2.27. The summed E-state index contributed by atoms with van der Waals surface area (Å²) in [5, 5.41) is 0. The Kier molecular flexibility index (Phi) is 9.22. The molecule has 1 aromatic rings. The Morgan fingerprint density at radius 3 is 2.73 bits per heavy atom. The zero-order valence-electron chi connectivity index (χ0n) is 13.2. The molecular weight excluding hydrogens is 393 g/mol. The molecule has 1 fully saturated rings. The highest BCUT2D eigenvalue weighted by molar-refractivity contribution is 14.0. The molecule has 1 aromatic carbocycles. The Morgan fingerprint density at radius 1 is 1.23 bits per heavy atom. The first-order valence-corrected chi connectivity index (χ1v) is 7.55. The van der Waals surface area contributed by atoms with Crippen molar-refractivity contribution >= 4 is 29.9 Å². The van der Waals surface area contributed by atoms with E-state index in [4.69, 9.17) is 15.2 Å². The zero-order chi connectivity index (χ0) is 14.9. The van der Waals surface area contributed by atoms with Gasteiger partial charge in [-0.3, -0.25) is 0 Å². The van der Waals surface area contributed by atoms with Crippen LogP contribution in [-0.2, 0) is 11.3 Å². The molecule has 1 aliphatic rings. The molecule has 0 spiro atoms. The van der Waals surface area contributed by atoms with E-state index in [2.05, 4.69) is 9.89 Å². The van der Waals surface area contributed by atoms with Crippen LogP contribution < -0.4 is 10.5 Å². The molecule has 2 rings (SSSR count). The van der Waals surface area contributed by atoms with Crippen LogP contribution in [0.25, 0.3) is 0 Å². The van der Waals surface area contributed by atoms with Crippen molar-refractivity contribution in [3.63, 3.8) is 0 Å². The molecule has 0 aromatic heterocycles. The summed E-state index contributed by atoms with van der Waals surface area (Å²) in [6.45, 7) is 3.78. The molecule has 1 aliphatic heterocycles. The van der Waals surface area contributed by atoms with Crippen molar-refractivity contribution in [2.24, 2.45) is 10.7 Å². The maximum atomic E-state index is 6.06. The van der Waals surface area contributed by atoms with Crippen LogP contribution in [0.5, 0.6) is 5.75 Å². The quantitative estimate of drug-likeness (QED) is 0.333. The van der Waals surface area contributed by atoms with E-state index in [0.717, 1.165) is 24.4 Å². The summed E-state index contributed by atoms with van der Waals surface area (Å²) in [5.74, 6) is 1.50. The van der Waals surface area contributed by atoms with E-state index in [9.17, 15) is 0 Å². The summed E-state index contributed by atoms with van der Waals surface area (Å²) < 4.78 is 10.6. The van der Waals surface area contributed by atoms with Gasteiger partial charge < -0.3 is 20.1 Å². The summed E-state index contributed by atoms with van der Waals surface area (Å²) in [5.41, 5.74) is 7.16. The van der Waals surface area contributed by atoms with Crippen LogP contribution in [0.3, 0.4) is 0 Å². The minimum atomic E-state index is 0. The van der Waals surface area contributed by atoms with Crippen LogP contribution in [0.15, 0.2) is 29.3 Å². The van der Waals surface area contributed by atoms with E-state index in [0.29, 0.717) is 25.7 Å². The van der Waals surface area contributed by atoms with Gasteiger partial charge in [-0.15, -0.1) is 24.0 Å². The molecular formula is C16H26IN3O2. The third-order valence-electron chi connectivity index (χ3n) is 3.56. The molecule has 1 saturated heterocycles. The van der Waals surface area contributed by atoms with Crippen LogP contribution in [0.4, 0.5) is 0 Å². The highest BCUT2D eigenvalue weighted by Gasteiger charge is 2.11. The van der Waals surface area contributed by atoms with Gasteiger partial charge in [0.25, 0.3) is 0 Å². The SMILES string of the molecule is COCCOc1cccc(CN=C(N)N2CCCCC2)c1.I. The second-order valence-corrected chi connectivity index (χ2v) is 5.21. The van der Waals surface area contributed by atoms with Gasteiger partial charge in [0.1, 0.15) is 12.4 Å². The second-order valence-electron chi connectivity index (χ2n) is 5.21. The fourth-order valence-corrected chi connectivity index (χ4v) is 2.37. The normalized spacial score (nSPS) is 15.3. The fraction of sp³-hybridized carbons (Fsp3) is 0.562. The van der Waals surface area contributed by atoms with E-state index in [-0.39, 0.29) is 24.0 Å². The van der Waals surface area contributed by atoms with Crippen LogP contribution in [0.1, 0.15) is 24.8 Å². The molecule has 0 atom stereocenters. The number of hydrogen-bond acceptors (Lipinski definition) is 3. The maximum absolute atomic E-state index is 6.06. The number of guanidine groups is 1. The number of nitrogens with two attached hydrogens (primary N) is 1. The number of rotatable bonds is 6.